The second-order valence-electron chi connectivity index (χ2n) is 5.75. The maximum Gasteiger partial charge on any atom is 0.123 e. The lowest BCUT2D eigenvalue weighted by atomic mass is 9.84. The van der Waals surface area contributed by atoms with Gasteiger partial charge in [0.05, 0.1) is 0 Å². The molecule has 2 aromatic rings. The van der Waals surface area contributed by atoms with Crippen molar-refractivity contribution in [1.29, 1.82) is 0 Å². The van der Waals surface area contributed by atoms with Crippen molar-refractivity contribution in [2.24, 2.45) is 5.92 Å². The number of hydrogen-bond acceptors (Lipinski definition) is 3. The molecule has 1 atom stereocenters. The van der Waals surface area contributed by atoms with Crippen LogP contribution in [0.25, 0.3) is 10.6 Å². The zero-order chi connectivity index (χ0) is 13.8. The Morgan fingerprint density at radius 2 is 2.10 bits per heavy atom. The fraction of sp³-hybridized carbons (Fsp3) is 0.471. The molecule has 1 fully saturated rings. The van der Waals surface area contributed by atoms with Crippen molar-refractivity contribution < 1.29 is 0 Å². The third kappa shape index (κ3) is 3.21. The van der Waals surface area contributed by atoms with Gasteiger partial charge in [-0.3, -0.25) is 0 Å². The SMILES string of the molecule is CC(Nc1cccc(-c2nccs2)c1)C1CCCCC1. The van der Waals surface area contributed by atoms with Crippen LogP contribution in [-0.4, -0.2) is 11.0 Å². The Morgan fingerprint density at radius 3 is 2.85 bits per heavy atom. The number of rotatable bonds is 4. The molecule has 1 heterocycles. The summed E-state index contributed by atoms with van der Waals surface area (Å²) < 4.78 is 0. The zero-order valence-electron chi connectivity index (χ0n) is 12.0. The van der Waals surface area contributed by atoms with Crippen LogP contribution < -0.4 is 5.32 Å². The lowest BCUT2D eigenvalue weighted by Crippen LogP contribution is -2.27. The van der Waals surface area contributed by atoms with E-state index < -0.39 is 0 Å². The van der Waals surface area contributed by atoms with Crippen LogP contribution in [0, 0.1) is 5.92 Å². The molecule has 1 aliphatic rings. The molecule has 1 N–H and O–H groups in total. The molecule has 1 aromatic carbocycles. The summed E-state index contributed by atoms with van der Waals surface area (Å²) in [6, 6.07) is 9.19. The first-order chi connectivity index (χ1) is 9.83. The van der Waals surface area contributed by atoms with E-state index in [2.05, 4.69) is 41.5 Å². The average Bonchev–Trinajstić information content (AvgIpc) is 3.03. The van der Waals surface area contributed by atoms with Crippen LogP contribution in [-0.2, 0) is 0 Å². The standard InChI is InChI=1S/C17H22N2S/c1-13(14-6-3-2-4-7-14)19-16-9-5-8-15(12-16)17-18-10-11-20-17/h5,8-14,19H,2-4,6-7H2,1H3. The van der Waals surface area contributed by atoms with E-state index in [1.165, 1.54) is 43.4 Å². The van der Waals surface area contributed by atoms with Gasteiger partial charge in [-0.15, -0.1) is 11.3 Å². The molecule has 0 aliphatic heterocycles. The van der Waals surface area contributed by atoms with E-state index in [4.69, 9.17) is 0 Å². The fourth-order valence-electron chi connectivity index (χ4n) is 3.12. The van der Waals surface area contributed by atoms with Gasteiger partial charge < -0.3 is 5.32 Å². The lowest BCUT2D eigenvalue weighted by molar-refractivity contribution is 0.328. The number of nitrogens with zero attached hydrogens (tertiary/aromatic N) is 1. The van der Waals surface area contributed by atoms with Gasteiger partial charge in [0, 0.05) is 28.9 Å². The number of thiazole rings is 1. The van der Waals surface area contributed by atoms with Crippen LogP contribution in [0.3, 0.4) is 0 Å². The van der Waals surface area contributed by atoms with Gasteiger partial charge in [0.25, 0.3) is 0 Å². The van der Waals surface area contributed by atoms with E-state index in [0.29, 0.717) is 6.04 Å². The summed E-state index contributed by atoms with van der Waals surface area (Å²) in [5, 5.41) is 6.81. The number of hydrogen-bond donors (Lipinski definition) is 1. The summed E-state index contributed by atoms with van der Waals surface area (Å²) in [6.07, 6.45) is 8.83. The molecule has 20 heavy (non-hydrogen) atoms. The van der Waals surface area contributed by atoms with Crippen molar-refractivity contribution in [2.45, 2.75) is 45.1 Å². The van der Waals surface area contributed by atoms with Gasteiger partial charge in [0.15, 0.2) is 0 Å². The van der Waals surface area contributed by atoms with Crippen molar-refractivity contribution in [3.63, 3.8) is 0 Å². The monoisotopic (exact) mass is 286 g/mol. The minimum Gasteiger partial charge on any atom is -0.382 e. The Hall–Kier alpha value is -1.35. The van der Waals surface area contributed by atoms with Crippen molar-refractivity contribution in [2.75, 3.05) is 5.32 Å². The molecule has 1 aliphatic carbocycles. The highest BCUT2D eigenvalue weighted by atomic mass is 32.1. The number of anilines is 1. The second-order valence-corrected chi connectivity index (χ2v) is 6.64. The highest BCUT2D eigenvalue weighted by molar-refractivity contribution is 7.13. The van der Waals surface area contributed by atoms with Crippen LogP contribution in [0.15, 0.2) is 35.8 Å². The Bertz CT molecular complexity index is 530. The van der Waals surface area contributed by atoms with Crippen molar-refractivity contribution >= 4 is 17.0 Å². The van der Waals surface area contributed by atoms with Crippen LogP contribution >= 0.6 is 11.3 Å². The Balaban J connectivity index is 1.69. The Kier molecular flexibility index (Phi) is 4.36. The maximum absolute atomic E-state index is 4.39. The van der Waals surface area contributed by atoms with Crippen LogP contribution in [0.5, 0.6) is 0 Å². The first-order valence-electron chi connectivity index (χ1n) is 7.59. The Labute approximate surface area is 125 Å². The molecule has 1 unspecified atom stereocenters. The molecule has 1 aromatic heterocycles. The molecule has 0 saturated heterocycles. The van der Waals surface area contributed by atoms with Gasteiger partial charge in [0.2, 0.25) is 0 Å². The zero-order valence-corrected chi connectivity index (χ0v) is 12.8. The third-order valence-corrected chi connectivity index (χ3v) is 5.12. The molecule has 0 spiro atoms. The molecule has 106 valence electrons. The smallest absolute Gasteiger partial charge is 0.123 e. The molecular formula is C17H22N2S. The highest BCUT2D eigenvalue weighted by Gasteiger charge is 2.19. The summed E-state index contributed by atoms with van der Waals surface area (Å²) in [5.41, 5.74) is 2.43. The van der Waals surface area contributed by atoms with E-state index >= 15 is 0 Å². The van der Waals surface area contributed by atoms with Gasteiger partial charge in [-0.2, -0.15) is 0 Å². The molecule has 0 amide bonds. The quantitative estimate of drug-likeness (QED) is 0.836. The lowest BCUT2D eigenvalue weighted by Gasteiger charge is -2.29. The van der Waals surface area contributed by atoms with Crippen LogP contribution in [0.4, 0.5) is 5.69 Å². The van der Waals surface area contributed by atoms with E-state index in [0.717, 1.165) is 10.9 Å². The second kappa shape index (κ2) is 6.40. The van der Waals surface area contributed by atoms with E-state index in [1.807, 2.05) is 11.6 Å². The van der Waals surface area contributed by atoms with Crippen LogP contribution in [0.2, 0.25) is 0 Å². The average molecular weight is 286 g/mol. The first-order valence-corrected chi connectivity index (χ1v) is 8.47. The predicted octanol–water partition coefficient (Wildman–Crippen LogP) is 5.19. The maximum atomic E-state index is 4.39. The largest absolute Gasteiger partial charge is 0.382 e. The molecule has 0 radical (unpaired) electrons. The van der Waals surface area contributed by atoms with Crippen molar-refractivity contribution in [3.05, 3.63) is 35.8 Å². The van der Waals surface area contributed by atoms with Gasteiger partial charge >= 0.3 is 0 Å². The molecule has 3 rings (SSSR count). The molecule has 1 saturated carbocycles. The fourth-order valence-corrected chi connectivity index (χ4v) is 3.76. The van der Waals surface area contributed by atoms with E-state index in [1.54, 1.807) is 11.3 Å². The molecule has 0 bridgehead atoms. The summed E-state index contributed by atoms with van der Waals surface area (Å²) in [6.45, 7) is 2.33. The van der Waals surface area contributed by atoms with Crippen molar-refractivity contribution in [3.8, 4) is 10.6 Å². The molecule has 2 nitrogen and oxygen atoms in total. The molecular weight excluding hydrogens is 264 g/mol. The topological polar surface area (TPSA) is 24.9 Å². The summed E-state index contributed by atoms with van der Waals surface area (Å²) in [5.74, 6) is 0.826. The predicted molar refractivity (Wildman–Crippen MR) is 87.2 cm³/mol. The summed E-state index contributed by atoms with van der Waals surface area (Å²) in [4.78, 5) is 4.39. The normalized spacial score (nSPS) is 17.9. The van der Waals surface area contributed by atoms with Crippen LogP contribution in [0.1, 0.15) is 39.0 Å². The molecule has 3 heteroatoms. The summed E-state index contributed by atoms with van der Waals surface area (Å²) >= 11 is 1.69. The number of nitrogens with one attached hydrogen (secondary N) is 1. The first kappa shape index (κ1) is 13.6. The Morgan fingerprint density at radius 1 is 1.25 bits per heavy atom. The third-order valence-electron chi connectivity index (χ3n) is 4.29. The highest BCUT2D eigenvalue weighted by Crippen LogP contribution is 2.29. The van der Waals surface area contributed by atoms with Gasteiger partial charge in [-0.25, -0.2) is 4.98 Å². The number of benzene rings is 1. The minimum atomic E-state index is 0.557. The van der Waals surface area contributed by atoms with E-state index in [-0.39, 0.29) is 0 Å². The number of aromatic nitrogens is 1. The van der Waals surface area contributed by atoms with E-state index in [9.17, 15) is 0 Å². The van der Waals surface area contributed by atoms with Gasteiger partial charge in [-0.1, -0.05) is 31.4 Å². The van der Waals surface area contributed by atoms with Gasteiger partial charge in [-0.05, 0) is 37.8 Å². The van der Waals surface area contributed by atoms with Gasteiger partial charge in [0.1, 0.15) is 5.01 Å². The minimum absolute atomic E-state index is 0.557. The van der Waals surface area contributed by atoms with Crippen molar-refractivity contribution in [1.82, 2.24) is 4.98 Å². The summed E-state index contributed by atoms with van der Waals surface area (Å²) in [7, 11) is 0.